The van der Waals surface area contributed by atoms with Crippen LogP contribution in [0.1, 0.15) is 31.4 Å². The van der Waals surface area contributed by atoms with E-state index in [2.05, 4.69) is 36.1 Å². The lowest BCUT2D eigenvalue weighted by Gasteiger charge is -2.16. The standard InChI is InChI=1S/C16H23NO2/c1-12(2)19-16(18)15-7-8-17(11-15)10-14-6-4-5-13(3)9-14/h4-6,9,12,15H,7-8,10-11H2,1-3H3. The molecule has 0 saturated carbocycles. The molecule has 1 heterocycles. The minimum absolute atomic E-state index is 0.0154. The third-order valence-corrected chi connectivity index (χ3v) is 3.45. The maximum absolute atomic E-state index is 11.9. The van der Waals surface area contributed by atoms with Crippen molar-refractivity contribution in [3.8, 4) is 0 Å². The molecular formula is C16H23NO2. The van der Waals surface area contributed by atoms with Gasteiger partial charge in [-0.3, -0.25) is 9.69 Å². The number of aryl methyl sites for hydroxylation is 1. The monoisotopic (exact) mass is 261 g/mol. The van der Waals surface area contributed by atoms with E-state index < -0.39 is 0 Å². The van der Waals surface area contributed by atoms with E-state index in [0.29, 0.717) is 0 Å². The summed E-state index contributed by atoms with van der Waals surface area (Å²) in [6.45, 7) is 8.63. The van der Waals surface area contributed by atoms with Crippen LogP contribution in [0.15, 0.2) is 24.3 Å². The Labute approximate surface area is 115 Å². The normalized spacial score (nSPS) is 19.9. The van der Waals surface area contributed by atoms with E-state index in [0.717, 1.165) is 26.1 Å². The molecule has 1 aliphatic rings. The lowest BCUT2D eigenvalue weighted by Crippen LogP contribution is -2.25. The van der Waals surface area contributed by atoms with Gasteiger partial charge in [0.2, 0.25) is 0 Å². The molecule has 2 rings (SSSR count). The van der Waals surface area contributed by atoms with E-state index >= 15 is 0 Å². The Balaban J connectivity index is 1.87. The fourth-order valence-electron chi connectivity index (χ4n) is 2.57. The molecule has 0 bridgehead atoms. The van der Waals surface area contributed by atoms with Crippen LogP contribution in [0.4, 0.5) is 0 Å². The highest BCUT2D eigenvalue weighted by Gasteiger charge is 2.29. The number of carbonyl (C=O) groups excluding carboxylic acids is 1. The van der Waals surface area contributed by atoms with Gasteiger partial charge in [0.15, 0.2) is 0 Å². The van der Waals surface area contributed by atoms with E-state index in [1.807, 2.05) is 13.8 Å². The molecule has 1 saturated heterocycles. The van der Waals surface area contributed by atoms with Crippen molar-refractivity contribution in [1.29, 1.82) is 0 Å². The number of likely N-dealkylation sites (tertiary alicyclic amines) is 1. The van der Waals surface area contributed by atoms with Crippen molar-refractivity contribution in [3.05, 3.63) is 35.4 Å². The number of benzene rings is 1. The number of hydrogen-bond acceptors (Lipinski definition) is 3. The van der Waals surface area contributed by atoms with Gasteiger partial charge < -0.3 is 4.74 Å². The summed E-state index contributed by atoms with van der Waals surface area (Å²) in [7, 11) is 0. The summed E-state index contributed by atoms with van der Waals surface area (Å²) in [6, 6.07) is 8.55. The predicted molar refractivity (Wildman–Crippen MR) is 75.8 cm³/mol. The molecule has 1 unspecified atom stereocenters. The van der Waals surface area contributed by atoms with Crippen molar-refractivity contribution in [2.24, 2.45) is 5.92 Å². The Bertz CT molecular complexity index is 442. The van der Waals surface area contributed by atoms with Crippen LogP contribution in [-0.2, 0) is 16.1 Å². The number of carbonyl (C=O) groups is 1. The summed E-state index contributed by atoms with van der Waals surface area (Å²) in [6.07, 6.45) is 0.899. The minimum Gasteiger partial charge on any atom is -0.463 e. The fourth-order valence-corrected chi connectivity index (χ4v) is 2.57. The number of rotatable bonds is 4. The highest BCUT2D eigenvalue weighted by molar-refractivity contribution is 5.73. The molecule has 0 amide bonds. The average Bonchev–Trinajstić information content (AvgIpc) is 2.76. The summed E-state index contributed by atoms with van der Waals surface area (Å²) in [5, 5.41) is 0. The molecule has 1 atom stereocenters. The van der Waals surface area contributed by atoms with Gasteiger partial charge >= 0.3 is 5.97 Å². The Morgan fingerprint density at radius 1 is 1.47 bits per heavy atom. The highest BCUT2D eigenvalue weighted by Crippen LogP contribution is 2.20. The highest BCUT2D eigenvalue weighted by atomic mass is 16.5. The second-order valence-electron chi connectivity index (χ2n) is 5.70. The first kappa shape index (κ1) is 14.1. The Hall–Kier alpha value is -1.35. The zero-order chi connectivity index (χ0) is 13.8. The van der Waals surface area contributed by atoms with Gasteiger partial charge in [-0.05, 0) is 39.3 Å². The van der Waals surface area contributed by atoms with Gasteiger partial charge in [0, 0.05) is 13.1 Å². The molecule has 0 radical (unpaired) electrons. The third-order valence-electron chi connectivity index (χ3n) is 3.45. The SMILES string of the molecule is Cc1cccc(CN2CCC(C(=O)OC(C)C)C2)c1. The molecule has 0 aromatic heterocycles. The van der Waals surface area contributed by atoms with Crippen LogP contribution in [0.25, 0.3) is 0 Å². The topological polar surface area (TPSA) is 29.5 Å². The van der Waals surface area contributed by atoms with E-state index in [-0.39, 0.29) is 18.0 Å². The fraction of sp³-hybridized carbons (Fsp3) is 0.562. The molecular weight excluding hydrogens is 238 g/mol. The number of nitrogens with zero attached hydrogens (tertiary/aromatic N) is 1. The van der Waals surface area contributed by atoms with Crippen molar-refractivity contribution in [2.45, 2.75) is 39.8 Å². The van der Waals surface area contributed by atoms with Gasteiger partial charge in [-0.1, -0.05) is 29.8 Å². The molecule has 0 aliphatic carbocycles. The predicted octanol–water partition coefficient (Wildman–Crippen LogP) is 2.77. The Morgan fingerprint density at radius 3 is 2.95 bits per heavy atom. The van der Waals surface area contributed by atoms with E-state index in [1.54, 1.807) is 0 Å². The summed E-state index contributed by atoms with van der Waals surface area (Å²) in [5.74, 6) is 0.00829. The molecule has 3 heteroatoms. The van der Waals surface area contributed by atoms with Crippen LogP contribution in [0, 0.1) is 12.8 Å². The maximum atomic E-state index is 11.9. The first-order chi connectivity index (χ1) is 9.04. The van der Waals surface area contributed by atoms with Crippen LogP contribution in [0.2, 0.25) is 0 Å². The first-order valence-electron chi connectivity index (χ1n) is 7.03. The smallest absolute Gasteiger partial charge is 0.310 e. The molecule has 3 nitrogen and oxygen atoms in total. The van der Waals surface area contributed by atoms with Gasteiger partial charge in [-0.15, -0.1) is 0 Å². The van der Waals surface area contributed by atoms with Gasteiger partial charge in [-0.25, -0.2) is 0 Å². The lowest BCUT2D eigenvalue weighted by molar-refractivity contribution is -0.151. The molecule has 1 aromatic rings. The number of ether oxygens (including phenoxy) is 1. The van der Waals surface area contributed by atoms with E-state index in [9.17, 15) is 4.79 Å². The van der Waals surface area contributed by atoms with Crippen LogP contribution < -0.4 is 0 Å². The molecule has 104 valence electrons. The quantitative estimate of drug-likeness (QED) is 0.781. The summed E-state index contributed by atoms with van der Waals surface area (Å²) in [5.41, 5.74) is 2.60. The zero-order valence-corrected chi connectivity index (χ0v) is 12.1. The van der Waals surface area contributed by atoms with Crippen molar-refractivity contribution in [2.75, 3.05) is 13.1 Å². The van der Waals surface area contributed by atoms with E-state index in [4.69, 9.17) is 4.74 Å². The second-order valence-corrected chi connectivity index (χ2v) is 5.70. The third kappa shape index (κ3) is 4.06. The summed E-state index contributed by atoms with van der Waals surface area (Å²) in [4.78, 5) is 14.2. The van der Waals surface area contributed by atoms with Crippen molar-refractivity contribution in [3.63, 3.8) is 0 Å². The van der Waals surface area contributed by atoms with E-state index in [1.165, 1.54) is 11.1 Å². The second kappa shape index (κ2) is 6.20. The molecule has 1 aromatic carbocycles. The van der Waals surface area contributed by atoms with Crippen LogP contribution >= 0.6 is 0 Å². The summed E-state index contributed by atoms with van der Waals surface area (Å²) < 4.78 is 5.29. The molecule has 1 fully saturated rings. The average molecular weight is 261 g/mol. The summed E-state index contributed by atoms with van der Waals surface area (Å²) >= 11 is 0. The zero-order valence-electron chi connectivity index (χ0n) is 12.1. The first-order valence-corrected chi connectivity index (χ1v) is 7.03. The largest absolute Gasteiger partial charge is 0.463 e. The van der Waals surface area contributed by atoms with Gasteiger partial charge in [-0.2, -0.15) is 0 Å². The molecule has 0 N–H and O–H groups in total. The molecule has 19 heavy (non-hydrogen) atoms. The maximum Gasteiger partial charge on any atom is 0.310 e. The minimum atomic E-state index is -0.0401. The molecule has 0 spiro atoms. The van der Waals surface area contributed by atoms with Gasteiger partial charge in [0.1, 0.15) is 0 Å². The number of esters is 1. The van der Waals surface area contributed by atoms with Gasteiger partial charge in [0.25, 0.3) is 0 Å². The molecule has 1 aliphatic heterocycles. The van der Waals surface area contributed by atoms with Crippen molar-refractivity contribution in [1.82, 2.24) is 4.90 Å². The Kier molecular flexibility index (Phi) is 4.59. The van der Waals surface area contributed by atoms with Crippen molar-refractivity contribution < 1.29 is 9.53 Å². The van der Waals surface area contributed by atoms with Crippen LogP contribution in [0.5, 0.6) is 0 Å². The Morgan fingerprint density at radius 2 is 2.26 bits per heavy atom. The van der Waals surface area contributed by atoms with Crippen LogP contribution in [-0.4, -0.2) is 30.1 Å². The lowest BCUT2D eigenvalue weighted by atomic mass is 10.1. The van der Waals surface area contributed by atoms with Gasteiger partial charge in [0.05, 0.1) is 12.0 Å². The van der Waals surface area contributed by atoms with Crippen molar-refractivity contribution >= 4 is 5.97 Å². The number of hydrogen-bond donors (Lipinski definition) is 0. The van der Waals surface area contributed by atoms with Crippen LogP contribution in [0.3, 0.4) is 0 Å².